The fourth-order valence-corrected chi connectivity index (χ4v) is 0.820. The Morgan fingerprint density at radius 1 is 1.55 bits per heavy atom. The quantitative estimate of drug-likeness (QED) is 0.647. The molecule has 0 radical (unpaired) electrons. The van der Waals surface area contributed by atoms with Gasteiger partial charge in [0.05, 0.1) is 5.69 Å². The number of aliphatic hydroxyl groups excluding tert-OH is 1. The lowest BCUT2D eigenvalue weighted by Crippen LogP contribution is -2.24. The first-order valence-electron chi connectivity index (χ1n) is 3.56. The van der Waals surface area contributed by atoms with Gasteiger partial charge in [-0.15, -0.1) is 0 Å². The van der Waals surface area contributed by atoms with Crippen LogP contribution >= 0.6 is 0 Å². The minimum absolute atomic E-state index is 0.273. The van der Waals surface area contributed by atoms with Crippen LogP contribution in [-0.2, 0) is 0 Å². The van der Waals surface area contributed by atoms with E-state index in [1.165, 1.54) is 0 Å². The zero-order chi connectivity index (χ0) is 8.27. The molecule has 1 aromatic rings. The maximum Gasteiger partial charge on any atom is 0.111 e. The van der Waals surface area contributed by atoms with Crippen molar-refractivity contribution in [1.82, 2.24) is 4.98 Å². The number of aliphatic hydroxyl groups is 1. The Balaban J connectivity index is 2.77. The molecule has 0 aliphatic carbocycles. The zero-order valence-corrected chi connectivity index (χ0v) is 6.44. The summed E-state index contributed by atoms with van der Waals surface area (Å²) in [6, 6.07) is 5.12. The fourth-order valence-electron chi connectivity index (χ4n) is 0.820. The lowest BCUT2D eigenvalue weighted by atomic mass is 10.1. The Bertz CT molecular complexity index is 211. The molecule has 0 bridgehead atoms. The molecule has 2 atom stereocenters. The van der Waals surface area contributed by atoms with Crippen LogP contribution in [0.5, 0.6) is 0 Å². The molecule has 3 heteroatoms. The number of pyridine rings is 1. The van der Waals surface area contributed by atoms with Crippen LogP contribution in [0.1, 0.15) is 18.7 Å². The fraction of sp³-hybridized carbons (Fsp3) is 0.375. The minimum Gasteiger partial charge on any atom is -0.385 e. The average Bonchev–Trinajstić information content (AvgIpc) is 2.05. The first-order valence-corrected chi connectivity index (χ1v) is 3.56. The maximum absolute atomic E-state index is 9.41. The Morgan fingerprint density at radius 3 is 2.73 bits per heavy atom. The van der Waals surface area contributed by atoms with Crippen molar-refractivity contribution in [2.75, 3.05) is 0 Å². The van der Waals surface area contributed by atoms with Gasteiger partial charge in [0.1, 0.15) is 6.10 Å². The maximum atomic E-state index is 9.41. The lowest BCUT2D eigenvalue weighted by Gasteiger charge is -2.12. The van der Waals surface area contributed by atoms with E-state index < -0.39 is 6.10 Å². The summed E-state index contributed by atoms with van der Waals surface area (Å²) in [5.41, 5.74) is 6.11. The summed E-state index contributed by atoms with van der Waals surface area (Å²) in [5, 5.41) is 9.41. The number of hydrogen-bond acceptors (Lipinski definition) is 3. The van der Waals surface area contributed by atoms with E-state index in [1.54, 1.807) is 25.3 Å². The molecule has 0 aromatic carbocycles. The van der Waals surface area contributed by atoms with Gasteiger partial charge in [0.15, 0.2) is 0 Å². The summed E-state index contributed by atoms with van der Waals surface area (Å²) in [6.07, 6.45) is 0.984. The van der Waals surface area contributed by atoms with Crippen LogP contribution in [0.15, 0.2) is 24.4 Å². The molecular weight excluding hydrogens is 140 g/mol. The topological polar surface area (TPSA) is 59.1 Å². The number of nitrogens with two attached hydrogens (primary N) is 1. The van der Waals surface area contributed by atoms with Crippen LogP contribution in [0.2, 0.25) is 0 Å². The van der Waals surface area contributed by atoms with E-state index >= 15 is 0 Å². The smallest absolute Gasteiger partial charge is 0.111 e. The Morgan fingerprint density at radius 2 is 2.27 bits per heavy atom. The van der Waals surface area contributed by atoms with E-state index in [1.807, 2.05) is 6.07 Å². The largest absolute Gasteiger partial charge is 0.385 e. The zero-order valence-electron chi connectivity index (χ0n) is 6.44. The first-order chi connectivity index (χ1) is 5.22. The van der Waals surface area contributed by atoms with Gasteiger partial charge in [-0.2, -0.15) is 0 Å². The molecule has 0 amide bonds. The molecule has 1 heterocycles. The number of hydrogen-bond donors (Lipinski definition) is 2. The molecule has 0 spiro atoms. The van der Waals surface area contributed by atoms with Gasteiger partial charge in [0.25, 0.3) is 0 Å². The summed E-state index contributed by atoms with van der Waals surface area (Å²) in [4.78, 5) is 3.97. The summed E-state index contributed by atoms with van der Waals surface area (Å²) in [6.45, 7) is 1.75. The van der Waals surface area contributed by atoms with Gasteiger partial charge in [0, 0.05) is 12.2 Å². The van der Waals surface area contributed by atoms with Gasteiger partial charge >= 0.3 is 0 Å². The van der Waals surface area contributed by atoms with Gasteiger partial charge < -0.3 is 10.8 Å². The van der Waals surface area contributed by atoms with Crippen LogP contribution in [0.25, 0.3) is 0 Å². The number of rotatable bonds is 2. The van der Waals surface area contributed by atoms with Crippen molar-refractivity contribution in [1.29, 1.82) is 0 Å². The highest BCUT2D eigenvalue weighted by molar-refractivity contribution is 5.07. The highest BCUT2D eigenvalue weighted by Gasteiger charge is 2.12. The molecule has 3 N–H and O–H groups in total. The van der Waals surface area contributed by atoms with Gasteiger partial charge in [0.2, 0.25) is 0 Å². The van der Waals surface area contributed by atoms with Crippen molar-refractivity contribution in [2.24, 2.45) is 5.73 Å². The highest BCUT2D eigenvalue weighted by atomic mass is 16.3. The van der Waals surface area contributed by atoms with Crippen molar-refractivity contribution in [2.45, 2.75) is 19.1 Å². The predicted octanol–water partition coefficient (Wildman–Crippen LogP) is 0.462. The number of nitrogens with zero attached hydrogens (tertiary/aromatic N) is 1. The number of aromatic nitrogens is 1. The Labute approximate surface area is 65.9 Å². The standard InChI is InChI=1S/C8H12N2O/c1-6(9)8(11)7-4-2-3-5-10-7/h2-6,8,11H,9H2,1H3/t6?,8-/m0/s1. The molecule has 1 rings (SSSR count). The third-order valence-corrected chi connectivity index (χ3v) is 1.49. The average molecular weight is 152 g/mol. The second-order valence-corrected chi connectivity index (χ2v) is 2.56. The molecular formula is C8H12N2O. The van der Waals surface area contributed by atoms with Crippen LogP contribution in [-0.4, -0.2) is 16.1 Å². The molecule has 0 fully saturated rings. The van der Waals surface area contributed by atoms with Crippen LogP contribution in [0, 0.1) is 0 Å². The van der Waals surface area contributed by atoms with E-state index in [0.29, 0.717) is 5.69 Å². The Hall–Kier alpha value is -0.930. The SMILES string of the molecule is CC(N)[C@H](O)c1ccccn1. The lowest BCUT2D eigenvalue weighted by molar-refractivity contribution is 0.149. The van der Waals surface area contributed by atoms with E-state index in [9.17, 15) is 5.11 Å². The molecule has 3 nitrogen and oxygen atoms in total. The van der Waals surface area contributed by atoms with Crippen molar-refractivity contribution in [3.63, 3.8) is 0 Å². The van der Waals surface area contributed by atoms with E-state index in [4.69, 9.17) is 5.73 Å². The molecule has 0 aliphatic heterocycles. The van der Waals surface area contributed by atoms with Crippen LogP contribution < -0.4 is 5.73 Å². The van der Waals surface area contributed by atoms with Gasteiger partial charge in [-0.1, -0.05) is 6.07 Å². The van der Waals surface area contributed by atoms with Gasteiger partial charge in [-0.25, -0.2) is 0 Å². The summed E-state index contributed by atoms with van der Waals surface area (Å²) >= 11 is 0. The third kappa shape index (κ3) is 2.00. The molecule has 1 unspecified atom stereocenters. The summed E-state index contributed by atoms with van der Waals surface area (Å²) in [5.74, 6) is 0. The molecule has 0 saturated carbocycles. The van der Waals surface area contributed by atoms with Crippen molar-refractivity contribution < 1.29 is 5.11 Å². The second kappa shape index (κ2) is 3.46. The normalized spacial score (nSPS) is 15.9. The van der Waals surface area contributed by atoms with Crippen LogP contribution in [0.4, 0.5) is 0 Å². The monoisotopic (exact) mass is 152 g/mol. The second-order valence-electron chi connectivity index (χ2n) is 2.56. The van der Waals surface area contributed by atoms with E-state index in [-0.39, 0.29) is 6.04 Å². The highest BCUT2D eigenvalue weighted by Crippen LogP contribution is 2.10. The molecule has 60 valence electrons. The van der Waals surface area contributed by atoms with E-state index in [0.717, 1.165) is 0 Å². The first kappa shape index (κ1) is 8.17. The summed E-state index contributed by atoms with van der Waals surface area (Å²) < 4.78 is 0. The Kier molecular flexibility index (Phi) is 2.57. The van der Waals surface area contributed by atoms with Gasteiger partial charge in [-0.3, -0.25) is 4.98 Å². The van der Waals surface area contributed by atoms with Crippen molar-refractivity contribution in [3.05, 3.63) is 30.1 Å². The minimum atomic E-state index is -0.656. The van der Waals surface area contributed by atoms with Crippen molar-refractivity contribution >= 4 is 0 Å². The van der Waals surface area contributed by atoms with Gasteiger partial charge in [-0.05, 0) is 19.1 Å². The molecule has 11 heavy (non-hydrogen) atoms. The van der Waals surface area contributed by atoms with Crippen LogP contribution in [0.3, 0.4) is 0 Å². The van der Waals surface area contributed by atoms with Crippen molar-refractivity contribution in [3.8, 4) is 0 Å². The predicted molar refractivity (Wildman–Crippen MR) is 42.8 cm³/mol. The molecule has 1 aromatic heterocycles. The molecule has 0 saturated heterocycles. The van der Waals surface area contributed by atoms with E-state index in [2.05, 4.69) is 4.98 Å². The summed E-state index contributed by atoms with van der Waals surface area (Å²) in [7, 11) is 0. The molecule has 0 aliphatic rings. The third-order valence-electron chi connectivity index (χ3n) is 1.49.